The van der Waals surface area contributed by atoms with E-state index in [4.69, 9.17) is 0 Å². The van der Waals surface area contributed by atoms with Crippen LogP contribution >= 0.6 is 0 Å². The summed E-state index contributed by atoms with van der Waals surface area (Å²) in [5.74, 6) is 0.331. The minimum Gasteiger partial charge on any atom is -0.386 e. The second kappa shape index (κ2) is 6.92. The Kier molecular flexibility index (Phi) is 4.71. The molecule has 1 aliphatic rings. The number of hydrogen-bond donors (Lipinski definition) is 2. The Labute approximate surface area is 140 Å². The summed E-state index contributed by atoms with van der Waals surface area (Å²) < 4.78 is 0. The van der Waals surface area contributed by atoms with Crippen molar-refractivity contribution >= 4 is 11.9 Å². The predicted molar refractivity (Wildman–Crippen MR) is 89.7 cm³/mol. The van der Waals surface area contributed by atoms with Crippen molar-refractivity contribution in [3.63, 3.8) is 0 Å². The van der Waals surface area contributed by atoms with Gasteiger partial charge in [0.1, 0.15) is 5.69 Å². The highest BCUT2D eigenvalue weighted by molar-refractivity contribution is 5.93. The van der Waals surface area contributed by atoms with Gasteiger partial charge in [0.2, 0.25) is 5.95 Å². The molecule has 0 aliphatic carbocycles. The zero-order valence-electron chi connectivity index (χ0n) is 13.6. The Morgan fingerprint density at radius 1 is 1.29 bits per heavy atom. The monoisotopic (exact) mass is 327 g/mol. The standard InChI is InChI=1S/C17H21N5O2/c1-13-5-2-7-18-14(13)15(23)21-11-17(24)6-3-10-22(12-17)16-19-8-4-9-20-16/h2,4-5,7-9,24H,3,6,10-12H2,1H3,(H,21,23)/t17-/m0/s1. The third kappa shape index (κ3) is 3.68. The van der Waals surface area contributed by atoms with Crippen molar-refractivity contribution in [2.24, 2.45) is 0 Å². The first-order valence-corrected chi connectivity index (χ1v) is 8.02. The van der Waals surface area contributed by atoms with Gasteiger partial charge in [-0.1, -0.05) is 6.07 Å². The van der Waals surface area contributed by atoms with E-state index in [1.54, 1.807) is 30.7 Å². The normalized spacial score (nSPS) is 20.7. The van der Waals surface area contributed by atoms with Crippen LogP contribution in [0.25, 0.3) is 0 Å². The maximum absolute atomic E-state index is 12.3. The lowest BCUT2D eigenvalue weighted by Gasteiger charge is -2.39. The first-order valence-electron chi connectivity index (χ1n) is 8.02. The topological polar surface area (TPSA) is 91.2 Å². The summed E-state index contributed by atoms with van der Waals surface area (Å²) in [5, 5.41) is 13.6. The lowest BCUT2D eigenvalue weighted by atomic mass is 9.93. The highest BCUT2D eigenvalue weighted by Gasteiger charge is 2.34. The summed E-state index contributed by atoms with van der Waals surface area (Å²) in [5.41, 5.74) is 0.195. The Hall–Kier alpha value is -2.54. The number of aliphatic hydroxyl groups is 1. The molecule has 0 saturated carbocycles. The van der Waals surface area contributed by atoms with Crippen LogP contribution in [0.1, 0.15) is 28.9 Å². The van der Waals surface area contributed by atoms with Crippen LogP contribution in [0, 0.1) is 6.92 Å². The molecule has 1 saturated heterocycles. The van der Waals surface area contributed by atoms with Gasteiger partial charge in [-0.3, -0.25) is 9.78 Å². The van der Waals surface area contributed by atoms with E-state index in [-0.39, 0.29) is 12.5 Å². The van der Waals surface area contributed by atoms with Gasteiger partial charge in [0.25, 0.3) is 5.91 Å². The molecule has 1 aliphatic heterocycles. The van der Waals surface area contributed by atoms with Crippen molar-refractivity contribution in [2.75, 3.05) is 24.5 Å². The second-order valence-corrected chi connectivity index (χ2v) is 6.15. The van der Waals surface area contributed by atoms with Gasteiger partial charge in [-0.15, -0.1) is 0 Å². The molecule has 7 heteroatoms. The fourth-order valence-corrected chi connectivity index (χ4v) is 2.93. The first kappa shape index (κ1) is 16.3. The van der Waals surface area contributed by atoms with E-state index in [2.05, 4.69) is 20.3 Å². The average Bonchev–Trinajstić information content (AvgIpc) is 2.61. The molecule has 3 heterocycles. The quantitative estimate of drug-likeness (QED) is 0.868. The van der Waals surface area contributed by atoms with Crippen LogP contribution in [-0.2, 0) is 0 Å². The number of pyridine rings is 1. The highest BCUT2D eigenvalue weighted by Crippen LogP contribution is 2.23. The number of piperidine rings is 1. The van der Waals surface area contributed by atoms with E-state index < -0.39 is 5.60 Å². The number of carbonyl (C=O) groups excluding carboxylic acids is 1. The molecule has 2 aromatic heterocycles. The molecular weight excluding hydrogens is 306 g/mol. The number of rotatable bonds is 4. The first-order chi connectivity index (χ1) is 11.6. The minimum absolute atomic E-state index is 0.172. The van der Waals surface area contributed by atoms with E-state index in [0.29, 0.717) is 24.6 Å². The largest absolute Gasteiger partial charge is 0.386 e. The lowest BCUT2D eigenvalue weighted by molar-refractivity contribution is 0.0251. The summed E-state index contributed by atoms with van der Waals surface area (Å²) in [6, 6.07) is 5.39. The molecule has 24 heavy (non-hydrogen) atoms. The smallest absolute Gasteiger partial charge is 0.270 e. The number of anilines is 1. The molecule has 1 amide bonds. The van der Waals surface area contributed by atoms with E-state index in [1.165, 1.54) is 0 Å². The molecule has 1 fully saturated rings. The molecule has 2 aromatic rings. The fourth-order valence-electron chi connectivity index (χ4n) is 2.93. The number of amides is 1. The van der Waals surface area contributed by atoms with Gasteiger partial charge < -0.3 is 15.3 Å². The number of aryl methyl sites for hydroxylation is 1. The summed E-state index contributed by atoms with van der Waals surface area (Å²) in [7, 11) is 0. The van der Waals surface area contributed by atoms with E-state index >= 15 is 0 Å². The van der Waals surface area contributed by atoms with Crippen LogP contribution in [0.3, 0.4) is 0 Å². The Morgan fingerprint density at radius 2 is 2.04 bits per heavy atom. The molecule has 0 aromatic carbocycles. The van der Waals surface area contributed by atoms with E-state index in [1.807, 2.05) is 17.9 Å². The van der Waals surface area contributed by atoms with Crippen molar-refractivity contribution in [3.05, 3.63) is 48.0 Å². The molecule has 0 spiro atoms. The van der Waals surface area contributed by atoms with Crippen LogP contribution in [0.5, 0.6) is 0 Å². The molecule has 0 radical (unpaired) electrons. The third-order valence-corrected chi connectivity index (χ3v) is 4.19. The van der Waals surface area contributed by atoms with E-state index in [9.17, 15) is 9.90 Å². The van der Waals surface area contributed by atoms with Crippen LogP contribution in [-0.4, -0.2) is 51.2 Å². The number of β-amino-alcohol motifs (C(OH)–C–C–N with tert-alkyl or cyclic N) is 1. The van der Waals surface area contributed by atoms with Crippen LogP contribution in [0.2, 0.25) is 0 Å². The highest BCUT2D eigenvalue weighted by atomic mass is 16.3. The van der Waals surface area contributed by atoms with E-state index in [0.717, 1.165) is 18.5 Å². The number of carbonyl (C=O) groups is 1. The van der Waals surface area contributed by atoms with Crippen LogP contribution < -0.4 is 10.2 Å². The van der Waals surface area contributed by atoms with Gasteiger partial charge in [-0.2, -0.15) is 0 Å². The van der Waals surface area contributed by atoms with Gasteiger partial charge in [-0.25, -0.2) is 9.97 Å². The lowest BCUT2D eigenvalue weighted by Crippen LogP contribution is -2.54. The Bertz CT molecular complexity index is 709. The predicted octanol–water partition coefficient (Wildman–Crippen LogP) is 0.941. The molecule has 126 valence electrons. The maximum Gasteiger partial charge on any atom is 0.270 e. The SMILES string of the molecule is Cc1cccnc1C(=O)NC[C@@]1(O)CCCN(c2ncccn2)C1. The van der Waals surface area contributed by atoms with Crippen LogP contribution in [0.4, 0.5) is 5.95 Å². The summed E-state index contributed by atoms with van der Waals surface area (Å²) in [6.07, 6.45) is 6.39. The maximum atomic E-state index is 12.3. The Morgan fingerprint density at radius 3 is 2.79 bits per heavy atom. The molecular formula is C17H21N5O2. The number of nitrogens with zero attached hydrogens (tertiary/aromatic N) is 4. The van der Waals surface area contributed by atoms with Gasteiger partial charge in [0, 0.05) is 31.7 Å². The van der Waals surface area contributed by atoms with Gasteiger partial charge in [0.05, 0.1) is 12.1 Å². The van der Waals surface area contributed by atoms with Crippen molar-refractivity contribution in [1.82, 2.24) is 20.3 Å². The van der Waals surface area contributed by atoms with Gasteiger partial charge in [-0.05, 0) is 37.5 Å². The van der Waals surface area contributed by atoms with Crippen molar-refractivity contribution in [1.29, 1.82) is 0 Å². The summed E-state index contributed by atoms with van der Waals surface area (Å²) in [4.78, 5) is 26.8. The average molecular weight is 327 g/mol. The Balaban J connectivity index is 1.64. The van der Waals surface area contributed by atoms with Crippen molar-refractivity contribution < 1.29 is 9.90 Å². The van der Waals surface area contributed by atoms with Crippen molar-refractivity contribution in [3.8, 4) is 0 Å². The fraction of sp³-hybridized carbons (Fsp3) is 0.412. The molecule has 0 bridgehead atoms. The number of hydrogen-bond acceptors (Lipinski definition) is 6. The zero-order chi connectivity index (χ0) is 17.0. The molecule has 0 unspecified atom stereocenters. The molecule has 3 rings (SSSR count). The molecule has 2 N–H and O–H groups in total. The van der Waals surface area contributed by atoms with Gasteiger partial charge >= 0.3 is 0 Å². The summed E-state index contributed by atoms with van der Waals surface area (Å²) >= 11 is 0. The third-order valence-electron chi connectivity index (χ3n) is 4.19. The number of nitrogens with one attached hydrogen (secondary N) is 1. The summed E-state index contributed by atoms with van der Waals surface area (Å²) in [6.45, 7) is 3.19. The molecule has 7 nitrogen and oxygen atoms in total. The zero-order valence-corrected chi connectivity index (χ0v) is 13.6. The van der Waals surface area contributed by atoms with Gasteiger partial charge in [0.15, 0.2) is 0 Å². The number of aromatic nitrogens is 3. The second-order valence-electron chi connectivity index (χ2n) is 6.15. The molecule has 1 atom stereocenters. The minimum atomic E-state index is -1.00. The van der Waals surface area contributed by atoms with Crippen LogP contribution in [0.15, 0.2) is 36.8 Å². The van der Waals surface area contributed by atoms with Crippen molar-refractivity contribution in [2.45, 2.75) is 25.4 Å².